The Morgan fingerprint density at radius 1 is 1.08 bits per heavy atom. The first-order valence-corrected chi connectivity index (χ1v) is 9.10. The van der Waals surface area contributed by atoms with E-state index < -0.39 is 5.25 Å². The van der Waals surface area contributed by atoms with Gasteiger partial charge in [0.05, 0.1) is 0 Å². The third-order valence-corrected chi connectivity index (χ3v) is 5.43. The van der Waals surface area contributed by atoms with E-state index in [1.807, 2.05) is 60.7 Å². The van der Waals surface area contributed by atoms with Crippen molar-refractivity contribution in [1.29, 1.82) is 0 Å². The minimum atomic E-state index is -0.448. The van der Waals surface area contributed by atoms with E-state index in [2.05, 4.69) is 10.2 Å². The maximum atomic E-state index is 13.1. The molecule has 1 fully saturated rings. The number of carbonyl (C=O) groups excluding carboxylic acids is 1. The van der Waals surface area contributed by atoms with Crippen LogP contribution in [0.5, 0.6) is 0 Å². The molecule has 0 aliphatic heterocycles. The number of carbonyl (C=O) groups is 1. The van der Waals surface area contributed by atoms with Gasteiger partial charge in [0, 0.05) is 11.6 Å². The summed E-state index contributed by atoms with van der Waals surface area (Å²) in [4.78, 5) is 25.1. The van der Waals surface area contributed by atoms with Crippen LogP contribution in [-0.2, 0) is 0 Å². The molecule has 1 aliphatic carbocycles. The molecule has 5 nitrogen and oxygen atoms in total. The molecule has 1 aliphatic rings. The molecular formula is C19H17N3O2S. The zero-order valence-electron chi connectivity index (χ0n) is 13.5. The predicted octanol–water partition coefficient (Wildman–Crippen LogP) is 3.62. The number of hydrogen-bond donors (Lipinski definition) is 1. The van der Waals surface area contributed by atoms with E-state index in [0.29, 0.717) is 10.7 Å². The molecule has 0 bridgehead atoms. The standard InChI is InChI=1S/C19H17N3O2S/c23-16(13-7-3-1-4-8-13)17(14-9-5-2-6-10-14)25-19-21-20-18(24)22(19)15-11-12-15/h1-10,15,17H,11-12H2,(H,20,24)/t17-/m1/s1. The van der Waals surface area contributed by atoms with Crippen LogP contribution in [0, 0.1) is 0 Å². The second kappa shape index (κ2) is 6.72. The van der Waals surface area contributed by atoms with Crippen LogP contribution in [0.15, 0.2) is 70.6 Å². The van der Waals surface area contributed by atoms with Crippen molar-refractivity contribution in [1.82, 2.24) is 14.8 Å². The summed E-state index contributed by atoms with van der Waals surface area (Å²) in [6, 6.07) is 19.1. The van der Waals surface area contributed by atoms with Gasteiger partial charge in [-0.3, -0.25) is 9.36 Å². The first-order chi connectivity index (χ1) is 12.2. The van der Waals surface area contributed by atoms with Gasteiger partial charge in [-0.2, -0.15) is 0 Å². The number of aromatic amines is 1. The number of nitrogens with one attached hydrogen (secondary N) is 1. The predicted molar refractivity (Wildman–Crippen MR) is 96.9 cm³/mol. The Kier molecular flexibility index (Phi) is 4.28. The number of H-pyrrole nitrogens is 1. The third-order valence-electron chi connectivity index (χ3n) is 4.21. The van der Waals surface area contributed by atoms with Crippen LogP contribution in [0.25, 0.3) is 0 Å². The first-order valence-electron chi connectivity index (χ1n) is 8.22. The quantitative estimate of drug-likeness (QED) is 0.544. The number of Topliss-reactive ketones (excluding diaryl/α,β-unsaturated/α-hetero) is 1. The van der Waals surface area contributed by atoms with Gasteiger partial charge >= 0.3 is 5.69 Å². The van der Waals surface area contributed by atoms with Crippen molar-refractivity contribution < 1.29 is 4.79 Å². The Balaban J connectivity index is 1.71. The van der Waals surface area contributed by atoms with Gasteiger partial charge in [0.25, 0.3) is 0 Å². The Morgan fingerprint density at radius 3 is 2.36 bits per heavy atom. The first kappa shape index (κ1) is 15.9. The average molecular weight is 351 g/mol. The fraction of sp³-hybridized carbons (Fsp3) is 0.211. The summed E-state index contributed by atoms with van der Waals surface area (Å²) in [5.41, 5.74) is 1.35. The lowest BCUT2D eigenvalue weighted by Crippen LogP contribution is -2.17. The molecule has 2 aromatic carbocycles. The number of thioether (sulfide) groups is 1. The Bertz CT molecular complexity index is 930. The fourth-order valence-corrected chi connectivity index (χ4v) is 3.98. The Labute approximate surface area is 149 Å². The van der Waals surface area contributed by atoms with E-state index in [0.717, 1.165) is 18.4 Å². The topological polar surface area (TPSA) is 67.8 Å². The number of hydrogen-bond acceptors (Lipinski definition) is 4. The number of rotatable bonds is 6. The molecule has 0 unspecified atom stereocenters. The number of nitrogens with zero attached hydrogens (tertiary/aromatic N) is 2. The number of benzene rings is 2. The van der Waals surface area contributed by atoms with Crippen LogP contribution in [0.3, 0.4) is 0 Å². The third kappa shape index (κ3) is 3.30. The van der Waals surface area contributed by atoms with Gasteiger partial charge in [0.15, 0.2) is 10.9 Å². The summed E-state index contributed by atoms with van der Waals surface area (Å²) in [7, 11) is 0. The minimum Gasteiger partial charge on any atom is -0.293 e. The van der Waals surface area contributed by atoms with Crippen LogP contribution in [0.1, 0.15) is 40.1 Å². The molecule has 1 aromatic heterocycles. The fourth-order valence-electron chi connectivity index (χ4n) is 2.79. The maximum absolute atomic E-state index is 13.1. The zero-order chi connectivity index (χ0) is 17.2. The van der Waals surface area contributed by atoms with Crippen molar-refractivity contribution in [2.24, 2.45) is 0 Å². The van der Waals surface area contributed by atoms with Crippen molar-refractivity contribution in [2.45, 2.75) is 29.3 Å². The lowest BCUT2D eigenvalue weighted by atomic mass is 10.0. The minimum absolute atomic E-state index is 0.00889. The summed E-state index contributed by atoms with van der Waals surface area (Å²) in [5, 5.41) is 6.80. The SMILES string of the molecule is O=C(c1ccccc1)[C@H](Sc1n[nH]c(=O)n1C1CC1)c1ccccc1. The summed E-state index contributed by atoms with van der Waals surface area (Å²) in [5.74, 6) is 0.00889. The molecule has 4 rings (SSSR count). The average Bonchev–Trinajstić information content (AvgIpc) is 3.43. The molecule has 0 amide bonds. The van der Waals surface area contributed by atoms with Crippen molar-refractivity contribution in [3.8, 4) is 0 Å². The molecule has 0 saturated heterocycles. The second-order valence-electron chi connectivity index (χ2n) is 6.05. The summed E-state index contributed by atoms with van der Waals surface area (Å²) >= 11 is 1.33. The molecule has 0 radical (unpaired) electrons. The smallest absolute Gasteiger partial charge is 0.293 e. The van der Waals surface area contributed by atoms with E-state index in [4.69, 9.17) is 0 Å². The highest BCUT2D eigenvalue weighted by atomic mass is 32.2. The summed E-state index contributed by atoms with van der Waals surface area (Å²) in [6.07, 6.45) is 1.96. The van der Waals surface area contributed by atoms with E-state index in [9.17, 15) is 9.59 Å². The molecule has 1 saturated carbocycles. The van der Waals surface area contributed by atoms with Crippen LogP contribution >= 0.6 is 11.8 Å². The van der Waals surface area contributed by atoms with E-state index in [1.54, 1.807) is 4.57 Å². The van der Waals surface area contributed by atoms with Gasteiger partial charge in [0.1, 0.15) is 5.25 Å². The lowest BCUT2D eigenvalue weighted by Gasteiger charge is -2.16. The molecule has 3 aromatic rings. The van der Waals surface area contributed by atoms with Crippen LogP contribution < -0.4 is 5.69 Å². The van der Waals surface area contributed by atoms with Crippen molar-refractivity contribution in [3.63, 3.8) is 0 Å². The highest BCUT2D eigenvalue weighted by Gasteiger charge is 2.31. The van der Waals surface area contributed by atoms with Crippen molar-refractivity contribution in [3.05, 3.63) is 82.3 Å². The number of ketones is 1. The molecule has 25 heavy (non-hydrogen) atoms. The van der Waals surface area contributed by atoms with Crippen molar-refractivity contribution in [2.75, 3.05) is 0 Å². The van der Waals surface area contributed by atoms with Crippen LogP contribution in [0.2, 0.25) is 0 Å². The monoisotopic (exact) mass is 351 g/mol. The van der Waals surface area contributed by atoms with Gasteiger partial charge in [-0.1, -0.05) is 72.4 Å². The molecule has 126 valence electrons. The Hall–Kier alpha value is -2.60. The van der Waals surface area contributed by atoms with E-state index >= 15 is 0 Å². The summed E-state index contributed by atoms with van der Waals surface area (Å²) in [6.45, 7) is 0. The largest absolute Gasteiger partial charge is 0.344 e. The van der Waals surface area contributed by atoms with Crippen LogP contribution in [0.4, 0.5) is 0 Å². The maximum Gasteiger partial charge on any atom is 0.344 e. The molecular weight excluding hydrogens is 334 g/mol. The van der Waals surface area contributed by atoms with Gasteiger partial charge in [0.2, 0.25) is 0 Å². The molecule has 1 atom stereocenters. The van der Waals surface area contributed by atoms with Gasteiger partial charge in [-0.25, -0.2) is 9.89 Å². The molecule has 1 heterocycles. The van der Waals surface area contributed by atoms with Crippen molar-refractivity contribution >= 4 is 17.5 Å². The van der Waals surface area contributed by atoms with Gasteiger partial charge < -0.3 is 0 Å². The van der Waals surface area contributed by atoms with E-state index in [-0.39, 0.29) is 17.5 Å². The summed E-state index contributed by atoms with van der Waals surface area (Å²) < 4.78 is 1.68. The highest BCUT2D eigenvalue weighted by molar-refractivity contribution is 8.00. The van der Waals surface area contributed by atoms with Gasteiger partial charge in [-0.05, 0) is 18.4 Å². The van der Waals surface area contributed by atoms with Gasteiger partial charge in [-0.15, -0.1) is 5.10 Å². The normalized spacial score (nSPS) is 15.0. The molecule has 1 N–H and O–H groups in total. The van der Waals surface area contributed by atoms with E-state index in [1.165, 1.54) is 11.8 Å². The molecule has 6 heteroatoms. The highest BCUT2D eigenvalue weighted by Crippen LogP contribution is 2.41. The Morgan fingerprint density at radius 2 is 1.72 bits per heavy atom. The molecule has 0 spiro atoms. The lowest BCUT2D eigenvalue weighted by molar-refractivity contribution is 0.0989. The van der Waals surface area contributed by atoms with Crippen LogP contribution in [-0.4, -0.2) is 20.5 Å². The number of aromatic nitrogens is 3. The zero-order valence-corrected chi connectivity index (χ0v) is 14.3. The second-order valence-corrected chi connectivity index (χ2v) is 7.12.